The Morgan fingerprint density at radius 2 is 2.05 bits per heavy atom. The van der Waals surface area contributed by atoms with E-state index in [-0.39, 0.29) is 24.4 Å². The van der Waals surface area contributed by atoms with Gasteiger partial charge in [0.2, 0.25) is 0 Å². The zero-order valence-electron chi connectivity index (χ0n) is 11.3. The fraction of sp³-hybridized carbons (Fsp3) is 0.467. The lowest BCUT2D eigenvalue weighted by Gasteiger charge is -2.08. The van der Waals surface area contributed by atoms with Gasteiger partial charge in [0.15, 0.2) is 6.61 Å². The number of carbonyl (C=O) groups is 2. The Bertz CT molecular complexity index is 484. The normalized spacial score (nSPS) is 20.7. The van der Waals surface area contributed by atoms with E-state index < -0.39 is 0 Å². The minimum absolute atomic E-state index is 0.00386. The minimum Gasteiger partial charge on any atom is -0.455 e. The summed E-state index contributed by atoms with van der Waals surface area (Å²) in [7, 11) is 0. The van der Waals surface area contributed by atoms with Crippen molar-refractivity contribution in [2.45, 2.75) is 26.8 Å². The topological polar surface area (TPSA) is 55.4 Å². The Labute approximate surface area is 113 Å². The first kappa shape index (κ1) is 13.6. The SMILES string of the molecule is Cc1ccccc1CNC(=O)COC(=O)[C@@H]1C[C@@H]1C. The Hall–Kier alpha value is -1.84. The monoisotopic (exact) mass is 261 g/mol. The zero-order valence-corrected chi connectivity index (χ0v) is 11.3. The lowest BCUT2D eigenvalue weighted by Crippen LogP contribution is -2.29. The van der Waals surface area contributed by atoms with Crippen molar-refractivity contribution in [1.82, 2.24) is 5.32 Å². The van der Waals surface area contributed by atoms with Gasteiger partial charge in [-0.15, -0.1) is 0 Å². The largest absolute Gasteiger partial charge is 0.455 e. The summed E-state index contributed by atoms with van der Waals surface area (Å²) >= 11 is 0. The first-order valence-corrected chi connectivity index (χ1v) is 6.55. The second kappa shape index (κ2) is 5.87. The maximum Gasteiger partial charge on any atom is 0.309 e. The van der Waals surface area contributed by atoms with E-state index in [9.17, 15) is 9.59 Å². The highest BCUT2D eigenvalue weighted by molar-refractivity contribution is 5.82. The lowest BCUT2D eigenvalue weighted by molar-refractivity contribution is -0.150. The molecule has 1 aliphatic rings. The van der Waals surface area contributed by atoms with Gasteiger partial charge in [-0.2, -0.15) is 0 Å². The fourth-order valence-electron chi connectivity index (χ4n) is 1.95. The van der Waals surface area contributed by atoms with Crippen molar-refractivity contribution in [2.75, 3.05) is 6.61 Å². The molecular formula is C15H19NO3. The highest BCUT2D eigenvalue weighted by Gasteiger charge is 2.40. The first-order valence-electron chi connectivity index (χ1n) is 6.55. The molecule has 2 atom stereocenters. The van der Waals surface area contributed by atoms with Gasteiger partial charge in [-0.05, 0) is 30.4 Å². The minimum atomic E-state index is -0.259. The third-order valence-electron chi connectivity index (χ3n) is 3.50. The van der Waals surface area contributed by atoms with Crippen molar-refractivity contribution < 1.29 is 14.3 Å². The average Bonchev–Trinajstić information content (AvgIpc) is 3.12. The average molecular weight is 261 g/mol. The second-order valence-electron chi connectivity index (χ2n) is 5.13. The number of hydrogen-bond donors (Lipinski definition) is 1. The van der Waals surface area contributed by atoms with Crippen molar-refractivity contribution in [1.29, 1.82) is 0 Å². The van der Waals surface area contributed by atoms with Crippen LogP contribution in [0.4, 0.5) is 0 Å². The zero-order chi connectivity index (χ0) is 13.8. The summed E-state index contributed by atoms with van der Waals surface area (Å²) in [5.74, 6) is -0.102. The third kappa shape index (κ3) is 3.81. The van der Waals surface area contributed by atoms with Gasteiger partial charge in [0, 0.05) is 6.54 Å². The van der Waals surface area contributed by atoms with Crippen molar-refractivity contribution in [2.24, 2.45) is 11.8 Å². The number of carbonyl (C=O) groups excluding carboxylic acids is 2. The fourth-order valence-corrected chi connectivity index (χ4v) is 1.95. The van der Waals surface area contributed by atoms with E-state index >= 15 is 0 Å². The molecule has 1 fully saturated rings. The Morgan fingerprint density at radius 3 is 2.68 bits per heavy atom. The predicted molar refractivity (Wildman–Crippen MR) is 71.3 cm³/mol. The number of nitrogens with one attached hydrogen (secondary N) is 1. The van der Waals surface area contributed by atoms with Gasteiger partial charge in [-0.1, -0.05) is 31.2 Å². The number of esters is 1. The van der Waals surface area contributed by atoms with Crippen LogP contribution < -0.4 is 5.32 Å². The molecule has 1 N–H and O–H groups in total. The molecule has 1 saturated carbocycles. The van der Waals surface area contributed by atoms with Gasteiger partial charge in [0.05, 0.1) is 5.92 Å². The molecule has 0 aromatic heterocycles. The highest BCUT2D eigenvalue weighted by Crippen LogP contribution is 2.38. The molecule has 0 saturated heterocycles. The molecule has 1 amide bonds. The third-order valence-corrected chi connectivity index (χ3v) is 3.50. The smallest absolute Gasteiger partial charge is 0.309 e. The standard InChI is InChI=1S/C15H19NO3/c1-10-5-3-4-6-12(10)8-16-14(17)9-19-15(18)13-7-11(13)2/h3-6,11,13H,7-9H2,1-2H3,(H,16,17)/t11-,13+/m0/s1. The number of rotatable bonds is 5. The Balaban J connectivity index is 1.70. The van der Waals surface area contributed by atoms with E-state index in [0.29, 0.717) is 12.5 Å². The summed E-state index contributed by atoms with van der Waals surface area (Å²) in [4.78, 5) is 23.0. The van der Waals surface area contributed by atoms with E-state index in [4.69, 9.17) is 4.74 Å². The molecule has 2 rings (SSSR count). The van der Waals surface area contributed by atoms with E-state index in [1.807, 2.05) is 38.1 Å². The number of hydrogen-bond acceptors (Lipinski definition) is 3. The maximum atomic E-state index is 11.6. The Morgan fingerprint density at radius 1 is 1.37 bits per heavy atom. The van der Waals surface area contributed by atoms with E-state index in [1.165, 1.54) is 0 Å². The molecule has 4 nitrogen and oxygen atoms in total. The van der Waals surface area contributed by atoms with Crippen LogP contribution in [0, 0.1) is 18.8 Å². The molecule has 0 unspecified atom stereocenters. The Kier molecular flexibility index (Phi) is 4.20. The molecule has 102 valence electrons. The number of aryl methyl sites for hydroxylation is 1. The van der Waals surface area contributed by atoms with Gasteiger partial charge >= 0.3 is 5.97 Å². The summed E-state index contributed by atoms with van der Waals surface area (Å²) in [6.07, 6.45) is 0.879. The molecule has 1 aromatic carbocycles. The number of ether oxygens (including phenoxy) is 1. The van der Waals surface area contributed by atoms with Crippen molar-refractivity contribution in [3.8, 4) is 0 Å². The maximum absolute atomic E-state index is 11.6. The highest BCUT2D eigenvalue weighted by atomic mass is 16.5. The molecule has 4 heteroatoms. The lowest BCUT2D eigenvalue weighted by atomic mass is 10.1. The van der Waals surface area contributed by atoms with E-state index in [2.05, 4.69) is 5.32 Å². The van der Waals surface area contributed by atoms with Crippen LogP contribution in [0.3, 0.4) is 0 Å². The molecule has 0 heterocycles. The van der Waals surface area contributed by atoms with Crippen LogP contribution in [0.1, 0.15) is 24.5 Å². The van der Waals surface area contributed by atoms with E-state index in [0.717, 1.165) is 17.5 Å². The van der Waals surface area contributed by atoms with Gasteiger partial charge in [-0.25, -0.2) is 0 Å². The molecule has 1 aliphatic carbocycles. The summed E-state index contributed by atoms with van der Waals surface area (Å²) < 4.78 is 4.97. The molecule has 0 bridgehead atoms. The number of amides is 1. The van der Waals surface area contributed by atoms with Crippen LogP contribution in [-0.2, 0) is 20.9 Å². The van der Waals surface area contributed by atoms with Crippen molar-refractivity contribution >= 4 is 11.9 Å². The summed E-state index contributed by atoms with van der Waals surface area (Å²) in [6, 6.07) is 7.85. The second-order valence-corrected chi connectivity index (χ2v) is 5.13. The van der Waals surface area contributed by atoms with Gasteiger partial charge in [0.25, 0.3) is 5.91 Å². The van der Waals surface area contributed by atoms with Crippen LogP contribution in [0.5, 0.6) is 0 Å². The predicted octanol–water partition coefficient (Wildman–Crippen LogP) is 1.81. The van der Waals surface area contributed by atoms with Crippen LogP contribution >= 0.6 is 0 Å². The molecule has 1 aromatic rings. The van der Waals surface area contributed by atoms with Crippen LogP contribution in [0.2, 0.25) is 0 Å². The van der Waals surface area contributed by atoms with Gasteiger partial charge in [-0.3, -0.25) is 9.59 Å². The van der Waals surface area contributed by atoms with Crippen molar-refractivity contribution in [3.05, 3.63) is 35.4 Å². The molecule has 0 radical (unpaired) electrons. The van der Waals surface area contributed by atoms with Crippen LogP contribution in [-0.4, -0.2) is 18.5 Å². The van der Waals surface area contributed by atoms with Gasteiger partial charge < -0.3 is 10.1 Å². The van der Waals surface area contributed by atoms with Crippen molar-refractivity contribution in [3.63, 3.8) is 0 Å². The molecular weight excluding hydrogens is 242 g/mol. The molecule has 0 aliphatic heterocycles. The summed E-state index contributed by atoms with van der Waals surface area (Å²) in [5.41, 5.74) is 2.20. The van der Waals surface area contributed by atoms with Crippen LogP contribution in [0.15, 0.2) is 24.3 Å². The van der Waals surface area contributed by atoms with Crippen LogP contribution in [0.25, 0.3) is 0 Å². The molecule has 19 heavy (non-hydrogen) atoms. The van der Waals surface area contributed by atoms with Gasteiger partial charge in [0.1, 0.15) is 0 Å². The van der Waals surface area contributed by atoms with E-state index in [1.54, 1.807) is 0 Å². The number of benzene rings is 1. The first-order chi connectivity index (χ1) is 9.08. The summed E-state index contributed by atoms with van der Waals surface area (Å²) in [6.45, 7) is 4.27. The molecule has 0 spiro atoms. The quantitative estimate of drug-likeness (QED) is 0.822. The summed E-state index contributed by atoms with van der Waals surface area (Å²) in [5, 5.41) is 2.75.